The molecule has 1 saturated heterocycles. The minimum atomic E-state index is -0.969. The molecule has 110 valence electrons. The molecule has 1 heterocycles. The van der Waals surface area contributed by atoms with E-state index >= 15 is 0 Å². The predicted molar refractivity (Wildman–Crippen MR) is 78.3 cm³/mol. The zero-order valence-electron chi connectivity index (χ0n) is 12.3. The number of amides is 1. The van der Waals surface area contributed by atoms with Crippen molar-refractivity contribution in [1.29, 1.82) is 0 Å². The first-order valence-corrected chi connectivity index (χ1v) is 7.99. The third-order valence-electron chi connectivity index (χ3n) is 4.23. The first-order chi connectivity index (χ1) is 8.81. The van der Waals surface area contributed by atoms with Crippen LogP contribution in [0.4, 0.5) is 0 Å². The molecule has 0 aromatic carbocycles. The lowest BCUT2D eigenvalue weighted by Crippen LogP contribution is -2.45. The lowest BCUT2D eigenvalue weighted by molar-refractivity contribution is -0.155. The lowest BCUT2D eigenvalue weighted by Gasteiger charge is -2.35. The molecule has 0 radical (unpaired) electrons. The third kappa shape index (κ3) is 3.88. The first kappa shape index (κ1) is 16.3. The van der Waals surface area contributed by atoms with Crippen LogP contribution in [0.25, 0.3) is 0 Å². The molecule has 0 spiro atoms. The van der Waals surface area contributed by atoms with E-state index in [4.69, 9.17) is 0 Å². The third-order valence-corrected chi connectivity index (χ3v) is 5.60. The second-order valence-electron chi connectivity index (χ2n) is 5.79. The Kier molecular flexibility index (Phi) is 5.71. The van der Waals surface area contributed by atoms with Gasteiger partial charge in [-0.3, -0.25) is 9.59 Å². The number of carboxylic acids is 1. The average Bonchev–Trinajstić information content (AvgIpc) is 2.38. The number of hydrogen-bond donors (Lipinski definition) is 1. The van der Waals surface area contributed by atoms with Crippen LogP contribution in [-0.4, -0.2) is 46.0 Å². The summed E-state index contributed by atoms with van der Waals surface area (Å²) in [5.41, 5.74) is -0.969. The molecule has 1 amide bonds. The molecule has 19 heavy (non-hydrogen) atoms. The second kappa shape index (κ2) is 6.64. The smallest absolute Gasteiger partial charge is 0.310 e. The van der Waals surface area contributed by atoms with E-state index in [1.54, 1.807) is 6.92 Å². The predicted octanol–water partition coefficient (Wildman–Crippen LogP) is 2.48. The Morgan fingerprint density at radius 2 is 2.11 bits per heavy atom. The van der Waals surface area contributed by atoms with Crippen LogP contribution < -0.4 is 0 Å². The van der Waals surface area contributed by atoms with Gasteiger partial charge in [0.25, 0.3) is 0 Å². The summed E-state index contributed by atoms with van der Waals surface area (Å²) in [4.78, 5) is 25.6. The zero-order valence-corrected chi connectivity index (χ0v) is 13.1. The van der Waals surface area contributed by atoms with Crippen molar-refractivity contribution >= 4 is 23.6 Å². The van der Waals surface area contributed by atoms with E-state index in [-0.39, 0.29) is 18.2 Å². The maximum atomic E-state index is 12.3. The van der Waals surface area contributed by atoms with Gasteiger partial charge in [0.1, 0.15) is 0 Å². The van der Waals surface area contributed by atoms with Gasteiger partial charge >= 0.3 is 5.97 Å². The van der Waals surface area contributed by atoms with Crippen LogP contribution in [-0.2, 0) is 9.59 Å². The topological polar surface area (TPSA) is 57.6 Å². The monoisotopic (exact) mass is 287 g/mol. The van der Waals surface area contributed by atoms with Crippen molar-refractivity contribution in [3.05, 3.63) is 0 Å². The van der Waals surface area contributed by atoms with Gasteiger partial charge in [-0.15, -0.1) is 0 Å². The second-order valence-corrected chi connectivity index (χ2v) is 7.20. The molecule has 1 aliphatic heterocycles. The van der Waals surface area contributed by atoms with Gasteiger partial charge in [-0.2, -0.15) is 11.8 Å². The standard InChI is InChI=1S/C14H25NO3S/c1-5-11-9-15(6-7-19-11)12(16)8-14(4,10(2)3)13(17)18/h10-11H,5-9H2,1-4H3,(H,17,18). The number of hydrogen-bond acceptors (Lipinski definition) is 3. The molecule has 0 aliphatic carbocycles. The largest absolute Gasteiger partial charge is 0.481 e. The van der Waals surface area contributed by atoms with Crippen molar-refractivity contribution < 1.29 is 14.7 Å². The zero-order chi connectivity index (χ0) is 14.6. The molecule has 5 heteroatoms. The summed E-state index contributed by atoms with van der Waals surface area (Å²) in [6, 6.07) is 0. The van der Waals surface area contributed by atoms with Gasteiger partial charge < -0.3 is 10.0 Å². The molecule has 4 nitrogen and oxygen atoms in total. The molecule has 1 N–H and O–H groups in total. The van der Waals surface area contributed by atoms with Crippen molar-refractivity contribution in [3.8, 4) is 0 Å². The molecule has 2 atom stereocenters. The van der Waals surface area contributed by atoms with Crippen molar-refractivity contribution in [3.63, 3.8) is 0 Å². The van der Waals surface area contributed by atoms with Gasteiger partial charge in [0.05, 0.1) is 5.41 Å². The van der Waals surface area contributed by atoms with Gasteiger partial charge in [0.2, 0.25) is 5.91 Å². The number of carboxylic acid groups (broad SMARTS) is 1. The fourth-order valence-electron chi connectivity index (χ4n) is 2.15. The Morgan fingerprint density at radius 1 is 1.47 bits per heavy atom. The molecular formula is C14H25NO3S. The number of thioether (sulfide) groups is 1. The Balaban J connectivity index is 2.70. The summed E-state index contributed by atoms with van der Waals surface area (Å²) in [7, 11) is 0. The van der Waals surface area contributed by atoms with E-state index in [0.29, 0.717) is 5.25 Å². The van der Waals surface area contributed by atoms with E-state index in [0.717, 1.165) is 25.3 Å². The summed E-state index contributed by atoms with van der Waals surface area (Å²) in [5, 5.41) is 9.87. The minimum Gasteiger partial charge on any atom is -0.481 e. The highest BCUT2D eigenvalue weighted by molar-refractivity contribution is 8.00. The maximum absolute atomic E-state index is 12.3. The summed E-state index contributed by atoms with van der Waals surface area (Å²) < 4.78 is 0. The Morgan fingerprint density at radius 3 is 2.58 bits per heavy atom. The van der Waals surface area contributed by atoms with Crippen molar-refractivity contribution in [2.75, 3.05) is 18.8 Å². The fourth-order valence-corrected chi connectivity index (χ4v) is 3.33. The number of nitrogens with zero attached hydrogens (tertiary/aromatic N) is 1. The van der Waals surface area contributed by atoms with Crippen LogP contribution in [0.15, 0.2) is 0 Å². The van der Waals surface area contributed by atoms with E-state index in [1.807, 2.05) is 30.5 Å². The molecular weight excluding hydrogens is 262 g/mol. The van der Waals surface area contributed by atoms with Crippen molar-refractivity contribution in [2.24, 2.45) is 11.3 Å². The van der Waals surface area contributed by atoms with E-state index in [2.05, 4.69) is 6.92 Å². The number of carbonyl (C=O) groups is 2. The van der Waals surface area contributed by atoms with Gasteiger partial charge in [0, 0.05) is 30.5 Å². The highest BCUT2D eigenvalue weighted by Crippen LogP contribution is 2.33. The first-order valence-electron chi connectivity index (χ1n) is 6.94. The normalized spacial score (nSPS) is 23.2. The fraction of sp³-hybridized carbons (Fsp3) is 0.857. The SMILES string of the molecule is CCC1CN(C(=O)CC(C)(C(=O)O)C(C)C)CCS1. The summed E-state index contributed by atoms with van der Waals surface area (Å²) in [6.07, 6.45) is 1.15. The minimum absolute atomic E-state index is 0.0163. The van der Waals surface area contributed by atoms with Gasteiger partial charge in [-0.05, 0) is 19.3 Å². The molecule has 1 fully saturated rings. The Labute approximate surface area is 119 Å². The Hall–Kier alpha value is -0.710. The highest BCUT2D eigenvalue weighted by atomic mass is 32.2. The van der Waals surface area contributed by atoms with Crippen LogP contribution in [0.2, 0.25) is 0 Å². The molecule has 1 rings (SSSR count). The number of aliphatic carboxylic acids is 1. The molecule has 0 bridgehead atoms. The van der Waals surface area contributed by atoms with Crippen LogP contribution in [0.5, 0.6) is 0 Å². The Bertz CT molecular complexity index is 346. The van der Waals surface area contributed by atoms with Gasteiger partial charge in [-0.25, -0.2) is 0 Å². The van der Waals surface area contributed by atoms with Crippen LogP contribution in [0.3, 0.4) is 0 Å². The van der Waals surface area contributed by atoms with Crippen molar-refractivity contribution in [1.82, 2.24) is 4.90 Å². The summed E-state index contributed by atoms with van der Waals surface area (Å²) in [6.45, 7) is 9.03. The maximum Gasteiger partial charge on any atom is 0.310 e. The van der Waals surface area contributed by atoms with E-state index < -0.39 is 11.4 Å². The molecule has 0 aromatic rings. The van der Waals surface area contributed by atoms with Gasteiger partial charge in [0.15, 0.2) is 0 Å². The molecule has 2 unspecified atom stereocenters. The van der Waals surface area contributed by atoms with Crippen LogP contribution in [0.1, 0.15) is 40.5 Å². The molecule has 0 aromatic heterocycles. The van der Waals surface area contributed by atoms with E-state index in [1.165, 1.54) is 0 Å². The number of carbonyl (C=O) groups excluding carboxylic acids is 1. The summed E-state index contributed by atoms with van der Waals surface area (Å²) >= 11 is 1.90. The van der Waals surface area contributed by atoms with E-state index in [9.17, 15) is 14.7 Å². The van der Waals surface area contributed by atoms with Gasteiger partial charge in [-0.1, -0.05) is 20.8 Å². The average molecular weight is 287 g/mol. The van der Waals surface area contributed by atoms with Crippen LogP contribution in [0, 0.1) is 11.3 Å². The molecule has 0 saturated carbocycles. The van der Waals surface area contributed by atoms with Crippen LogP contribution >= 0.6 is 11.8 Å². The lowest BCUT2D eigenvalue weighted by atomic mass is 9.76. The van der Waals surface area contributed by atoms with Crippen molar-refractivity contribution in [2.45, 2.75) is 45.8 Å². The highest BCUT2D eigenvalue weighted by Gasteiger charge is 2.40. The molecule has 1 aliphatic rings. The number of rotatable bonds is 5. The summed E-state index contributed by atoms with van der Waals surface area (Å²) in [5.74, 6) is -0.00267. The quantitative estimate of drug-likeness (QED) is 0.844.